The summed E-state index contributed by atoms with van der Waals surface area (Å²) >= 11 is 0. The molecular formula is C17H20N4. The lowest BCUT2D eigenvalue weighted by Gasteiger charge is -2.29. The van der Waals surface area contributed by atoms with E-state index < -0.39 is 0 Å². The van der Waals surface area contributed by atoms with Crippen molar-refractivity contribution in [2.75, 3.05) is 17.7 Å². The molecule has 2 aromatic rings. The van der Waals surface area contributed by atoms with E-state index in [4.69, 9.17) is 5.73 Å². The first-order valence-electron chi connectivity index (χ1n) is 6.90. The highest BCUT2D eigenvalue weighted by molar-refractivity contribution is 5.62. The van der Waals surface area contributed by atoms with Crippen molar-refractivity contribution in [1.29, 1.82) is 5.26 Å². The second-order valence-electron chi connectivity index (χ2n) is 5.31. The fourth-order valence-corrected chi connectivity index (χ4v) is 2.48. The number of hydrogen-bond donors (Lipinski definition) is 1. The van der Waals surface area contributed by atoms with Crippen LogP contribution in [0.25, 0.3) is 0 Å². The van der Waals surface area contributed by atoms with Gasteiger partial charge in [0.25, 0.3) is 0 Å². The second-order valence-corrected chi connectivity index (χ2v) is 5.31. The third-order valence-corrected chi connectivity index (χ3v) is 3.77. The van der Waals surface area contributed by atoms with Gasteiger partial charge in [0.15, 0.2) is 0 Å². The van der Waals surface area contributed by atoms with Gasteiger partial charge in [0, 0.05) is 18.4 Å². The van der Waals surface area contributed by atoms with E-state index >= 15 is 0 Å². The van der Waals surface area contributed by atoms with Gasteiger partial charge in [-0.25, -0.2) is 0 Å². The van der Waals surface area contributed by atoms with Crippen molar-refractivity contribution < 1.29 is 0 Å². The molecule has 0 saturated carbocycles. The van der Waals surface area contributed by atoms with E-state index in [-0.39, 0.29) is 6.04 Å². The fourth-order valence-electron chi connectivity index (χ4n) is 2.48. The highest BCUT2D eigenvalue weighted by Gasteiger charge is 2.18. The molecule has 0 amide bonds. The van der Waals surface area contributed by atoms with E-state index in [1.54, 1.807) is 0 Å². The minimum atomic E-state index is 0.113. The molecule has 0 aliphatic carbocycles. The fraction of sp³-hybridized carbons (Fsp3) is 0.294. The molecule has 1 atom stereocenters. The van der Waals surface area contributed by atoms with Crippen LogP contribution in [0.5, 0.6) is 0 Å². The minimum Gasteiger partial charge on any atom is -0.399 e. The third kappa shape index (κ3) is 2.97. The highest BCUT2D eigenvalue weighted by Crippen LogP contribution is 2.30. The third-order valence-electron chi connectivity index (χ3n) is 3.77. The number of aryl methyl sites for hydroxylation is 2. The largest absolute Gasteiger partial charge is 0.399 e. The van der Waals surface area contributed by atoms with Crippen molar-refractivity contribution in [2.45, 2.75) is 26.8 Å². The Kier molecular flexibility index (Phi) is 4.13. The summed E-state index contributed by atoms with van der Waals surface area (Å²) in [7, 11) is 1.99. The standard InChI is InChI=1S/C17H20N4/c1-11-8-17(16(10-18)12(2)20-11)21(4)13(3)14-6-5-7-15(19)9-14/h5-9,13H,19H2,1-4H3. The Labute approximate surface area is 125 Å². The number of hydrogen-bond acceptors (Lipinski definition) is 4. The lowest BCUT2D eigenvalue weighted by Crippen LogP contribution is -2.23. The summed E-state index contributed by atoms with van der Waals surface area (Å²) in [5, 5.41) is 9.40. The van der Waals surface area contributed by atoms with Crippen LogP contribution in [-0.4, -0.2) is 12.0 Å². The summed E-state index contributed by atoms with van der Waals surface area (Å²) in [5.74, 6) is 0. The molecule has 0 spiro atoms. The van der Waals surface area contributed by atoms with Crippen molar-refractivity contribution in [2.24, 2.45) is 0 Å². The van der Waals surface area contributed by atoms with Crippen LogP contribution in [0.4, 0.5) is 11.4 Å². The predicted octanol–water partition coefficient (Wildman–Crippen LogP) is 3.35. The zero-order valence-corrected chi connectivity index (χ0v) is 12.9. The average Bonchev–Trinajstić information content (AvgIpc) is 2.45. The zero-order chi connectivity index (χ0) is 15.6. The SMILES string of the molecule is Cc1cc(N(C)C(C)c2cccc(N)c2)c(C#N)c(C)n1. The number of nitrogen functional groups attached to an aromatic ring is 1. The molecule has 0 bridgehead atoms. The van der Waals surface area contributed by atoms with Gasteiger partial charge in [-0.05, 0) is 44.5 Å². The molecule has 4 nitrogen and oxygen atoms in total. The van der Waals surface area contributed by atoms with Crippen molar-refractivity contribution in [3.63, 3.8) is 0 Å². The van der Waals surface area contributed by atoms with Gasteiger partial charge in [0.2, 0.25) is 0 Å². The quantitative estimate of drug-likeness (QED) is 0.876. The van der Waals surface area contributed by atoms with Gasteiger partial charge in [-0.1, -0.05) is 12.1 Å². The maximum absolute atomic E-state index is 9.40. The Morgan fingerprint density at radius 2 is 2.00 bits per heavy atom. The molecular weight excluding hydrogens is 260 g/mol. The Morgan fingerprint density at radius 3 is 2.62 bits per heavy atom. The molecule has 0 aliphatic rings. The molecule has 0 radical (unpaired) electrons. The Bertz CT molecular complexity index is 700. The van der Waals surface area contributed by atoms with Crippen LogP contribution in [0.1, 0.15) is 35.5 Å². The topological polar surface area (TPSA) is 65.9 Å². The van der Waals surface area contributed by atoms with Crippen molar-refractivity contribution in [1.82, 2.24) is 4.98 Å². The van der Waals surface area contributed by atoms with Crippen molar-refractivity contribution in [3.8, 4) is 6.07 Å². The monoisotopic (exact) mass is 280 g/mol. The van der Waals surface area contributed by atoms with Crippen molar-refractivity contribution >= 4 is 11.4 Å². The van der Waals surface area contributed by atoms with E-state index in [0.717, 1.165) is 28.3 Å². The van der Waals surface area contributed by atoms with E-state index in [2.05, 4.69) is 22.9 Å². The molecule has 2 N–H and O–H groups in total. The van der Waals surface area contributed by atoms with Crippen molar-refractivity contribution in [3.05, 3.63) is 52.8 Å². The van der Waals surface area contributed by atoms with Crippen LogP contribution < -0.4 is 10.6 Å². The van der Waals surface area contributed by atoms with Gasteiger partial charge in [0.1, 0.15) is 6.07 Å². The average molecular weight is 280 g/mol. The van der Waals surface area contributed by atoms with Gasteiger partial charge in [-0.3, -0.25) is 4.98 Å². The zero-order valence-electron chi connectivity index (χ0n) is 12.9. The van der Waals surface area contributed by atoms with Gasteiger partial charge in [0.05, 0.1) is 23.0 Å². The van der Waals surface area contributed by atoms with E-state index in [1.807, 2.05) is 51.2 Å². The molecule has 1 unspecified atom stereocenters. The molecule has 108 valence electrons. The first-order valence-corrected chi connectivity index (χ1v) is 6.90. The highest BCUT2D eigenvalue weighted by atomic mass is 15.1. The molecule has 2 rings (SSSR count). The number of rotatable bonds is 3. The first kappa shape index (κ1) is 14.9. The number of pyridine rings is 1. The number of benzene rings is 1. The summed E-state index contributed by atoms with van der Waals surface area (Å²) < 4.78 is 0. The maximum atomic E-state index is 9.40. The lowest BCUT2D eigenvalue weighted by molar-refractivity contribution is 0.737. The summed E-state index contributed by atoms with van der Waals surface area (Å²) in [6.45, 7) is 5.91. The number of nitriles is 1. The summed E-state index contributed by atoms with van der Waals surface area (Å²) in [5.41, 5.74) is 10.9. The molecule has 0 aliphatic heterocycles. The van der Waals surface area contributed by atoms with Crippen LogP contribution >= 0.6 is 0 Å². The first-order chi connectivity index (χ1) is 9.93. The number of nitrogens with zero attached hydrogens (tertiary/aromatic N) is 3. The minimum absolute atomic E-state index is 0.113. The predicted molar refractivity (Wildman–Crippen MR) is 86.1 cm³/mol. The van der Waals surface area contributed by atoms with Crippen LogP contribution in [0.2, 0.25) is 0 Å². The number of aromatic nitrogens is 1. The summed E-state index contributed by atoms with van der Waals surface area (Å²) in [4.78, 5) is 6.46. The second kappa shape index (κ2) is 5.84. The maximum Gasteiger partial charge on any atom is 0.103 e. The Hall–Kier alpha value is -2.54. The van der Waals surface area contributed by atoms with Crippen LogP contribution in [0, 0.1) is 25.2 Å². The van der Waals surface area contributed by atoms with Gasteiger partial charge >= 0.3 is 0 Å². The molecule has 1 heterocycles. The van der Waals surface area contributed by atoms with E-state index in [0.29, 0.717) is 5.56 Å². The van der Waals surface area contributed by atoms with Gasteiger partial charge in [-0.2, -0.15) is 5.26 Å². The summed E-state index contributed by atoms with van der Waals surface area (Å²) in [6, 6.07) is 12.2. The van der Waals surface area contributed by atoms with E-state index in [9.17, 15) is 5.26 Å². The lowest BCUT2D eigenvalue weighted by atomic mass is 10.0. The number of nitrogens with two attached hydrogens (primary N) is 1. The molecule has 4 heteroatoms. The van der Waals surface area contributed by atoms with Gasteiger partial charge in [-0.15, -0.1) is 0 Å². The number of anilines is 2. The molecule has 1 aromatic heterocycles. The molecule has 1 aromatic carbocycles. The molecule has 0 fully saturated rings. The Balaban J connectivity index is 2.45. The van der Waals surface area contributed by atoms with Crippen LogP contribution in [-0.2, 0) is 0 Å². The molecule has 0 saturated heterocycles. The molecule has 21 heavy (non-hydrogen) atoms. The summed E-state index contributed by atoms with van der Waals surface area (Å²) in [6.07, 6.45) is 0. The smallest absolute Gasteiger partial charge is 0.103 e. The Morgan fingerprint density at radius 1 is 1.29 bits per heavy atom. The van der Waals surface area contributed by atoms with Crippen LogP contribution in [0.15, 0.2) is 30.3 Å². The van der Waals surface area contributed by atoms with Crippen LogP contribution in [0.3, 0.4) is 0 Å². The van der Waals surface area contributed by atoms with Gasteiger partial charge < -0.3 is 10.6 Å². The van der Waals surface area contributed by atoms with E-state index in [1.165, 1.54) is 0 Å². The normalized spacial score (nSPS) is 11.8.